The topological polar surface area (TPSA) is 92.5 Å². The van der Waals surface area contributed by atoms with Crippen LogP contribution in [0.3, 0.4) is 0 Å². The zero-order valence-electron chi connectivity index (χ0n) is 10.6. The molecule has 0 fully saturated rings. The molecule has 0 aromatic carbocycles. The Balaban J connectivity index is 2.46. The molecule has 8 heteroatoms. The van der Waals surface area contributed by atoms with E-state index in [1.54, 1.807) is 19.1 Å². The summed E-state index contributed by atoms with van der Waals surface area (Å²) in [5.41, 5.74) is 0.570. The molecule has 7 nitrogen and oxygen atoms in total. The molecular formula is C11H15N3O4S. The minimum absolute atomic E-state index is 0.00606. The van der Waals surface area contributed by atoms with Crippen molar-refractivity contribution >= 4 is 16.0 Å². The quantitative estimate of drug-likeness (QED) is 0.797. The molecule has 1 N–H and O–H groups in total. The molecule has 1 unspecified atom stereocenters. The summed E-state index contributed by atoms with van der Waals surface area (Å²) in [4.78, 5) is 11.2. The van der Waals surface area contributed by atoms with Crippen molar-refractivity contribution in [3.8, 4) is 0 Å². The van der Waals surface area contributed by atoms with E-state index < -0.39 is 22.0 Å². The van der Waals surface area contributed by atoms with Gasteiger partial charge >= 0.3 is 5.97 Å². The average molecular weight is 285 g/mol. The zero-order chi connectivity index (χ0) is 14.2. The van der Waals surface area contributed by atoms with Gasteiger partial charge in [-0.15, -0.1) is 0 Å². The van der Waals surface area contributed by atoms with Gasteiger partial charge < -0.3 is 5.11 Å². The van der Waals surface area contributed by atoms with Crippen LogP contribution in [0.4, 0.5) is 0 Å². The summed E-state index contributed by atoms with van der Waals surface area (Å²) < 4.78 is 27.3. The van der Waals surface area contributed by atoms with Gasteiger partial charge in [-0.2, -0.15) is 9.40 Å². The van der Waals surface area contributed by atoms with E-state index in [9.17, 15) is 13.2 Å². The maximum atomic E-state index is 12.5. The van der Waals surface area contributed by atoms with E-state index in [1.807, 2.05) is 0 Å². The Hall–Kier alpha value is -1.67. The molecule has 104 valence electrons. The Morgan fingerprint density at radius 1 is 1.47 bits per heavy atom. The van der Waals surface area contributed by atoms with Crippen LogP contribution in [-0.2, 0) is 21.9 Å². The molecule has 0 saturated heterocycles. The molecule has 1 atom stereocenters. The van der Waals surface area contributed by atoms with E-state index in [0.29, 0.717) is 5.69 Å². The Morgan fingerprint density at radius 2 is 2.16 bits per heavy atom. The molecule has 2 rings (SSSR count). The third-order valence-corrected chi connectivity index (χ3v) is 4.91. The van der Waals surface area contributed by atoms with Crippen molar-refractivity contribution in [3.63, 3.8) is 0 Å². The molecule has 19 heavy (non-hydrogen) atoms. The number of aliphatic carboxylic acids is 1. The lowest BCUT2D eigenvalue weighted by Crippen LogP contribution is -2.46. The number of carbonyl (C=O) groups is 1. The van der Waals surface area contributed by atoms with Crippen LogP contribution in [0.1, 0.15) is 12.1 Å². The van der Waals surface area contributed by atoms with Crippen LogP contribution in [0.2, 0.25) is 0 Å². The van der Waals surface area contributed by atoms with Gasteiger partial charge in [0.2, 0.25) is 0 Å². The minimum atomic E-state index is -3.86. The van der Waals surface area contributed by atoms with Crippen molar-refractivity contribution in [3.05, 3.63) is 23.9 Å². The van der Waals surface area contributed by atoms with E-state index in [4.69, 9.17) is 5.11 Å². The van der Waals surface area contributed by atoms with E-state index in [2.05, 4.69) is 5.10 Å². The van der Waals surface area contributed by atoms with Crippen LogP contribution in [0.25, 0.3) is 0 Å². The van der Waals surface area contributed by atoms with Gasteiger partial charge in [0, 0.05) is 13.6 Å². The second-order valence-electron chi connectivity index (χ2n) is 4.38. The summed E-state index contributed by atoms with van der Waals surface area (Å²) in [6, 6.07) is 0.372. The van der Waals surface area contributed by atoms with Gasteiger partial charge in [0.15, 0.2) is 5.03 Å². The number of hydrogen-bond donors (Lipinski definition) is 1. The molecule has 0 saturated carbocycles. The van der Waals surface area contributed by atoms with Crippen molar-refractivity contribution < 1.29 is 18.3 Å². The summed E-state index contributed by atoms with van der Waals surface area (Å²) in [5.74, 6) is -1.15. The first-order chi connectivity index (χ1) is 8.84. The van der Waals surface area contributed by atoms with Crippen molar-refractivity contribution in [1.82, 2.24) is 14.1 Å². The zero-order valence-corrected chi connectivity index (χ0v) is 11.5. The van der Waals surface area contributed by atoms with Crippen molar-refractivity contribution in [1.29, 1.82) is 0 Å². The molecule has 0 bridgehead atoms. The van der Waals surface area contributed by atoms with E-state index in [-0.39, 0.29) is 18.0 Å². The second-order valence-corrected chi connectivity index (χ2v) is 6.22. The first-order valence-electron chi connectivity index (χ1n) is 5.74. The smallest absolute Gasteiger partial charge is 0.322 e. The molecule has 1 aromatic heterocycles. The Morgan fingerprint density at radius 3 is 2.68 bits per heavy atom. The van der Waals surface area contributed by atoms with Crippen molar-refractivity contribution in [2.24, 2.45) is 7.05 Å². The maximum absolute atomic E-state index is 12.5. The molecule has 1 aromatic rings. The molecule has 0 radical (unpaired) electrons. The van der Waals surface area contributed by atoms with Crippen LogP contribution < -0.4 is 0 Å². The number of carboxylic acid groups (broad SMARTS) is 1. The van der Waals surface area contributed by atoms with Crippen LogP contribution in [-0.4, -0.2) is 46.2 Å². The predicted octanol–water partition coefficient (Wildman–Crippen LogP) is 0.132. The number of aryl methyl sites for hydroxylation is 2. The number of sulfonamides is 1. The first-order valence-corrected chi connectivity index (χ1v) is 7.18. The lowest BCUT2D eigenvalue weighted by Gasteiger charge is -2.28. The fraction of sp³-hybridized carbons (Fsp3) is 0.455. The highest BCUT2D eigenvalue weighted by Crippen LogP contribution is 2.22. The normalized spacial score (nSPS) is 20.6. The predicted molar refractivity (Wildman–Crippen MR) is 67.0 cm³/mol. The highest BCUT2D eigenvalue weighted by atomic mass is 32.2. The number of carboxylic acids is 1. The molecule has 1 aliphatic rings. The monoisotopic (exact) mass is 285 g/mol. The number of aromatic nitrogens is 2. The maximum Gasteiger partial charge on any atom is 0.322 e. The van der Waals surface area contributed by atoms with Gasteiger partial charge in [0.25, 0.3) is 10.0 Å². The summed E-state index contributed by atoms with van der Waals surface area (Å²) in [6.45, 7) is 1.74. The van der Waals surface area contributed by atoms with Gasteiger partial charge in [0.05, 0.1) is 5.69 Å². The molecular weight excluding hydrogens is 270 g/mol. The molecule has 1 aliphatic heterocycles. The molecule has 0 spiro atoms. The van der Waals surface area contributed by atoms with E-state index in [0.717, 1.165) is 4.31 Å². The number of nitrogens with zero attached hydrogens (tertiary/aromatic N) is 3. The van der Waals surface area contributed by atoms with Gasteiger partial charge in [-0.05, 0) is 19.4 Å². The lowest BCUT2D eigenvalue weighted by atomic mass is 10.1. The van der Waals surface area contributed by atoms with E-state index in [1.165, 1.54) is 17.8 Å². The highest BCUT2D eigenvalue weighted by molar-refractivity contribution is 7.89. The third-order valence-electron chi connectivity index (χ3n) is 2.98. The standard InChI is InChI=1S/C11H15N3O4S/c1-8-7-10(13(2)12-8)19(17,18)14-6-4-3-5-9(14)11(15)16/h3-4,7,9H,5-6H2,1-2H3,(H,15,16). The summed E-state index contributed by atoms with van der Waals surface area (Å²) in [6.07, 6.45) is 3.50. The largest absolute Gasteiger partial charge is 0.480 e. The summed E-state index contributed by atoms with van der Waals surface area (Å²) in [5, 5.41) is 13.1. The SMILES string of the molecule is Cc1cc(S(=O)(=O)N2CC=CCC2C(=O)O)n(C)n1. The van der Waals surface area contributed by atoms with Crippen molar-refractivity contribution in [2.75, 3.05) is 6.54 Å². The second kappa shape index (κ2) is 4.78. The van der Waals surface area contributed by atoms with Crippen LogP contribution in [0.5, 0.6) is 0 Å². The Labute approximate surface area is 111 Å². The minimum Gasteiger partial charge on any atom is -0.480 e. The number of rotatable bonds is 3. The fourth-order valence-corrected chi connectivity index (χ4v) is 3.81. The van der Waals surface area contributed by atoms with Gasteiger partial charge in [-0.3, -0.25) is 9.48 Å². The van der Waals surface area contributed by atoms with Crippen LogP contribution in [0.15, 0.2) is 23.2 Å². The van der Waals surface area contributed by atoms with Crippen LogP contribution >= 0.6 is 0 Å². The number of hydrogen-bond acceptors (Lipinski definition) is 4. The molecule has 2 heterocycles. The fourth-order valence-electron chi connectivity index (χ4n) is 2.09. The first kappa shape index (κ1) is 13.8. The molecule has 0 aliphatic carbocycles. The summed E-state index contributed by atoms with van der Waals surface area (Å²) in [7, 11) is -2.34. The lowest BCUT2D eigenvalue weighted by molar-refractivity contribution is -0.141. The van der Waals surface area contributed by atoms with Crippen LogP contribution in [0, 0.1) is 6.92 Å². The van der Waals surface area contributed by atoms with E-state index >= 15 is 0 Å². The molecule has 0 amide bonds. The van der Waals surface area contributed by atoms with Gasteiger partial charge in [-0.1, -0.05) is 12.2 Å². The third kappa shape index (κ3) is 2.41. The Kier molecular flexibility index (Phi) is 3.46. The van der Waals surface area contributed by atoms with Gasteiger partial charge in [-0.25, -0.2) is 8.42 Å². The van der Waals surface area contributed by atoms with Gasteiger partial charge in [0.1, 0.15) is 6.04 Å². The average Bonchev–Trinajstić information content (AvgIpc) is 2.69. The highest BCUT2D eigenvalue weighted by Gasteiger charge is 2.37. The Bertz CT molecular complexity index is 632. The van der Waals surface area contributed by atoms with Crippen molar-refractivity contribution in [2.45, 2.75) is 24.4 Å². The summed E-state index contributed by atoms with van der Waals surface area (Å²) >= 11 is 0.